The molecule has 1 heterocycles. The maximum atomic E-state index is 13.2. The number of nitrogens with one attached hydrogen (secondary N) is 1. The van der Waals surface area contributed by atoms with Crippen molar-refractivity contribution >= 4 is 17.9 Å². The zero-order valence-corrected chi connectivity index (χ0v) is 15.5. The SMILES string of the molecule is C[C@@]1(c2ccc(F)cc2)NC(=O)N(CC(=O)OC2CCCCCCC2)C1=O. The largest absolute Gasteiger partial charge is 0.461 e. The highest BCUT2D eigenvalue weighted by atomic mass is 19.1. The molecule has 3 rings (SSSR count). The normalized spacial score (nSPS) is 24.3. The monoisotopic (exact) mass is 376 g/mol. The van der Waals surface area contributed by atoms with E-state index in [0.717, 1.165) is 43.4 Å². The molecule has 0 bridgehead atoms. The maximum Gasteiger partial charge on any atom is 0.326 e. The van der Waals surface area contributed by atoms with Gasteiger partial charge in [-0.05, 0) is 50.3 Å². The van der Waals surface area contributed by atoms with Crippen molar-refractivity contribution in [1.29, 1.82) is 0 Å². The standard InChI is InChI=1S/C20H25FN2O4/c1-20(14-9-11-15(21)12-10-14)18(25)23(19(26)22-20)13-17(24)27-16-7-5-3-2-4-6-8-16/h9-12,16H,2-8,13H2,1H3,(H,22,26)/t20-/m0/s1. The Morgan fingerprint density at radius 3 is 2.37 bits per heavy atom. The number of carbonyl (C=O) groups excluding carboxylic acids is 3. The van der Waals surface area contributed by atoms with Crippen molar-refractivity contribution < 1.29 is 23.5 Å². The van der Waals surface area contributed by atoms with E-state index < -0.39 is 35.8 Å². The number of halogens is 1. The fraction of sp³-hybridized carbons (Fsp3) is 0.550. The summed E-state index contributed by atoms with van der Waals surface area (Å²) >= 11 is 0. The van der Waals surface area contributed by atoms with Gasteiger partial charge >= 0.3 is 12.0 Å². The van der Waals surface area contributed by atoms with Crippen LogP contribution in [0.3, 0.4) is 0 Å². The Morgan fingerprint density at radius 1 is 1.15 bits per heavy atom. The molecule has 0 spiro atoms. The van der Waals surface area contributed by atoms with Gasteiger partial charge in [0.05, 0.1) is 0 Å². The van der Waals surface area contributed by atoms with Crippen LogP contribution in [-0.4, -0.2) is 35.5 Å². The molecule has 1 aromatic rings. The number of imide groups is 1. The van der Waals surface area contributed by atoms with Gasteiger partial charge in [0.2, 0.25) is 0 Å². The van der Waals surface area contributed by atoms with E-state index in [1.54, 1.807) is 6.92 Å². The summed E-state index contributed by atoms with van der Waals surface area (Å²) < 4.78 is 18.7. The molecule has 2 fully saturated rings. The molecule has 1 aliphatic carbocycles. The molecule has 0 unspecified atom stereocenters. The Balaban J connectivity index is 1.64. The summed E-state index contributed by atoms with van der Waals surface area (Å²) in [5.41, 5.74) is -0.871. The van der Waals surface area contributed by atoms with Crippen molar-refractivity contribution in [1.82, 2.24) is 10.2 Å². The van der Waals surface area contributed by atoms with Crippen LogP contribution in [0.5, 0.6) is 0 Å². The Morgan fingerprint density at radius 2 is 1.74 bits per heavy atom. The fourth-order valence-corrected chi connectivity index (χ4v) is 3.71. The second-order valence-electron chi connectivity index (χ2n) is 7.41. The summed E-state index contributed by atoms with van der Waals surface area (Å²) in [5.74, 6) is -1.56. The van der Waals surface area contributed by atoms with Crippen molar-refractivity contribution in [2.45, 2.75) is 63.5 Å². The molecule has 6 nitrogen and oxygen atoms in total. The molecule has 7 heteroatoms. The minimum absolute atomic E-state index is 0.151. The first kappa shape index (κ1) is 19.3. The third-order valence-corrected chi connectivity index (χ3v) is 5.33. The molecule has 146 valence electrons. The first-order valence-corrected chi connectivity index (χ1v) is 9.50. The first-order chi connectivity index (χ1) is 12.9. The summed E-state index contributed by atoms with van der Waals surface area (Å²) in [6.07, 6.45) is 7.01. The zero-order valence-electron chi connectivity index (χ0n) is 15.5. The lowest BCUT2D eigenvalue weighted by atomic mass is 9.92. The van der Waals surface area contributed by atoms with E-state index >= 15 is 0 Å². The number of amides is 3. The second kappa shape index (κ2) is 8.06. The van der Waals surface area contributed by atoms with Crippen molar-refractivity contribution in [2.75, 3.05) is 6.54 Å². The number of ether oxygens (including phenoxy) is 1. The Labute approximate surface area is 158 Å². The summed E-state index contributed by atoms with van der Waals surface area (Å²) in [5, 5.41) is 2.60. The molecule has 1 aliphatic heterocycles. The average molecular weight is 376 g/mol. The van der Waals surface area contributed by atoms with Gasteiger partial charge in [0, 0.05) is 0 Å². The van der Waals surface area contributed by atoms with Crippen LogP contribution in [0.2, 0.25) is 0 Å². The van der Waals surface area contributed by atoms with Gasteiger partial charge in [-0.15, -0.1) is 0 Å². The van der Waals surface area contributed by atoms with Crippen LogP contribution >= 0.6 is 0 Å². The van der Waals surface area contributed by atoms with Gasteiger partial charge in [-0.1, -0.05) is 31.4 Å². The molecule has 3 amide bonds. The van der Waals surface area contributed by atoms with Gasteiger partial charge in [-0.3, -0.25) is 14.5 Å². The highest BCUT2D eigenvalue weighted by Gasteiger charge is 2.49. The van der Waals surface area contributed by atoms with Gasteiger partial charge in [-0.2, -0.15) is 0 Å². The van der Waals surface area contributed by atoms with E-state index in [1.165, 1.54) is 30.7 Å². The van der Waals surface area contributed by atoms with Gasteiger partial charge < -0.3 is 10.1 Å². The van der Waals surface area contributed by atoms with E-state index in [9.17, 15) is 18.8 Å². The van der Waals surface area contributed by atoms with E-state index in [0.29, 0.717) is 5.56 Å². The molecular formula is C20H25FN2O4. The third-order valence-electron chi connectivity index (χ3n) is 5.33. The van der Waals surface area contributed by atoms with Gasteiger partial charge in [-0.25, -0.2) is 9.18 Å². The zero-order chi connectivity index (χ0) is 19.4. The first-order valence-electron chi connectivity index (χ1n) is 9.50. The molecule has 27 heavy (non-hydrogen) atoms. The highest BCUT2D eigenvalue weighted by molar-refractivity contribution is 6.08. The van der Waals surface area contributed by atoms with E-state index in [2.05, 4.69) is 5.32 Å². The van der Waals surface area contributed by atoms with Gasteiger partial charge in [0.25, 0.3) is 5.91 Å². The van der Waals surface area contributed by atoms with Crippen LogP contribution in [0.4, 0.5) is 9.18 Å². The van der Waals surface area contributed by atoms with Gasteiger partial charge in [0.15, 0.2) is 0 Å². The lowest BCUT2D eigenvalue weighted by molar-refractivity contribution is -0.153. The van der Waals surface area contributed by atoms with Crippen molar-refractivity contribution in [3.05, 3.63) is 35.6 Å². The van der Waals surface area contributed by atoms with E-state index in [1.807, 2.05) is 0 Å². The van der Waals surface area contributed by atoms with Crippen LogP contribution in [0, 0.1) is 5.82 Å². The number of urea groups is 1. The van der Waals surface area contributed by atoms with Crippen molar-refractivity contribution in [3.8, 4) is 0 Å². The number of rotatable bonds is 4. The van der Waals surface area contributed by atoms with E-state index in [4.69, 9.17) is 4.74 Å². The number of hydrogen-bond donors (Lipinski definition) is 1. The van der Waals surface area contributed by atoms with Crippen molar-refractivity contribution in [3.63, 3.8) is 0 Å². The molecule has 1 atom stereocenters. The van der Waals surface area contributed by atoms with Crippen molar-refractivity contribution in [2.24, 2.45) is 0 Å². The minimum atomic E-state index is -1.33. The summed E-state index contributed by atoms with van der Waals surface area (Å²) in [7, 11) is 0. The lowest BCUT2D eigenvalue weighted by Crippen LogP contribution is -2.42. The van der Waals surface area contributed by atoms with Gasteiger partial charge in [0.1, 0.15) is 24.0 Å². The predicted octanol–water partition coefficient (Wildman–Crippen LogP) is 3.25. The number of carbonyl (C=O) groups is 3. The van der Waals surface area contributed by atoms with Crippen LogP contribution in [-0.2, 0) is 19.9 Å². The summed E-state index contributed by atoms with van der Waals surface area (Å²) in [6, 6.07) is 4.70. The molecule has 0 radical (unpaired) electrons. The molecule has 0 aromatic heterocycles. The molecule has 1 saturated heterocycles. The topological polar surface area (TPSA) is 75.7 Å². The summed E-state index contributed by atoms with van der Waals surface area (Å²) in [6.45, 7) is 1.12. The average Bonchev–Trinajstić information content (AvgIpc) is 2.82. The quantitative estimate of drug-likeness (QED) is 0.647. The molecule has 1 aromatic carbocycles. The second-order valence-corrected chi connectivity index (χ2v) is 7.41. The Hall–Kier alpha value is -2.44. The van der Waals surface area contributed by atoms with Crippen LogP contribution in [0.25, 0.3) is 0 Å². The van der Waals surface area contributed by atoms with E-state index in [-0.39, 0.29) is 6.10 Å². The Kier molecular flexibility index (Phi) is 5.77. The minimum Gasteiger partial charge on any atom is -0.461 e. The van der Waals surface area contributed by atoms with Crippen LogP contribution in [0.15, 0.2) is 24.3 Å². The molecular weight excluding hydrogens is 351 g/mol. The number of hydrogen-bond acceptors (Lipinski definition) is 4. The highest BCUT2D eigenvalue weighted by Crippen LogP contribution is 2.29. The maximum absolute atomic E-state index is 13.2. The van der Waals surface area contributed by atoms with Crippen LogP contribution in [0.1, 0.15) is 57.4 Å². The fourth-order valence-electron chi connectivity index (χ4n) is 3.71. The third kappa shape index (κ3) is 4.28. The number of nitrogens with zero attached hydrogens (tertiary/aromatic N) is 1. The summed E-state index contributed by atoms with van der Waals surface area (Å²) in [4.78, 5) is 38.2. The number of esters is 1. The van der Waals surface area contributed by atoms with Crippen LogP contribution < -0.4 is 5.32 Å². The lowest BCUT2D eigenvalue weighted by Gasteiger charge is -2.23. The number of benzene rings is 1. The Bertz CT molecular complexity index is 713. The predicted molar refractivity (Wildman–Crippen MR) is 96.2 cm³/mol. The molecule has 1 N–H and O–H groups in total. The molecule has 2 aliphatic rings. The smallest absolute Gasteiger partial charge is 0.326 e. The molecule has 1 saturated carbocycles.